The number of carbonyl (C=O) groups is 1. The van der Waals surface area contributed by atoms with Gasteiger partial charge in [0, 0.05) is 12.1 Å². The molecule has 0 aliphatic rings. The van der Waals surface area contributed by atoms with Gasteiger partial charge in [0.2, 0.25) is 0 Å². The number of unbranched alkanes of at least 4 members (excludes halogenated alkanes) is 1. The van der Waals surface area contributed by atoms with Crippen molar-refractivity contribution in [2.45, 2.75) is 65.7 Å². The van der Waals surface area contributed by atoms with Gasteiger partial charge in [-0.1, -0.05) is 66.0 Å². The Hall–Kier alpha value is -1.31. The fourth-order valence-corrected chi connectivity index (χ4v) is 2.40. The molecule has 1 amide bonds. The Kier molecular flexibility index (Phi) is 6.94. The normalized spacial score (nSPS) is 13.0. The average molecular weight is 289 g/mol. The molecule has 2 nitrogen and oxygen atoms in total. The van der Waals surface area contributed by atoms with Crippen molar-refractivity contribution in [1.82, 2.24) is 5.32 Å². The molecule has 0 spiro atoms. The van der Waals surface area contributed by atoms with Crippen molar-refractivity contribution in [3.8, 4) is 0 Å². The number of amides is 1. The fourth-order valence-electron chi connectivity index (χ4n) is 2.40. The third-order valence-corrected chi connectivity index (χ3v) is 4.11. The van der Waals surface area contributed by atoms with Gasteiger partial charge in [-0.2, -0.15) is 0 Å². The van der Waals surface area contributed by atoms with E-state index in [0.29, 0.717) is 5.92 Å². The molecule has 0 aliphatic carbocycles. The summed E-state index contributed by atoms with van der Waals surface area (Å²) in [5.41, 5.74) is 2.14. The lowest BCUT2D eigenvalue weighted by atomic mass is 9.86. The van der Waals surface area contributed by atoms with E-state index in [9.17, 15) is 4.79 Å². The molecule has 21 heavy (non-hydrogen) atoms. The molecule has 0 aliphatic heterocycles. The van der Waals surface area contributed by atoms with Crippen LogP contribution in [0.25, 0.3) is 0 Å². The van der Waals surface area contributed by atoms with Crippen LogP contribution in [-0.4, -0.2) is 12.5 Å². The molecule has 1 aromatic rings. The van der Waals surface area contributed by atoms with E-state index in [1.165, 1.54) is 24.8 Å². The van der Waals surface area contributed by atoms with Crippen LogP contribution in [0.3, 0.4) is 0 Å². The Morgan fingerprint density at radius 1 is 1.14 bits per heavy atom. The van der Waals surface area contributed by atoms with E-state index in [2.05, 4.69) is 52.1 Å². The minimum absolute atomic E-state index is 0.0467. The number of rotatable bonds is 7. The molecule has 0 radical (unpaired) electrons. The smallest absolute Gasteiger partial charge is 0.251 e. The Morgan fingerprint density at radius 2 is 1.76 bits per heavy atom. The first-order valence-corrected chi connectivity index (χ1v) is 8.27. The maximum absolute atomic E-state index is 12.2. The zero-order valence-electron chi connectivity index (χ0n) is 14.3. The van der Waals surface area contributed by atoms with E-state index >= 15 is 0 Å². The summed E-state index contributed by atoms with van der Waals surface area (Å²) in [6, 6.07) is 7.98. The molecule has 0 unspecified atom stereocenters. The molecular formula is C19H31NO. The highest BCUT2D eigenvalue weighted by molar-refractivity contribution is 5.94. The molecule has 2 heteroatoms. The number of carbonyl (C=O) groups excluding carboxylic acids is 1. The number of benzene rings is 1. The Morgan fingerprint density at radius 3 is 2.24 bits per heavy atom. The van der Waals surface area contributed by atoms with Crippen LogP contribution in [0, 0.1) is 5.92 Å². The van der Waals surface area contributed by atoms with Gasteiger partial charge >= 0.3 is 0 Å². The largest absolute Gasteiger partial charge is 0.352 e. The van der Waals surface area contributed by atoms with Crippen molar-refractivity contribution in [3.63, 3.8) is 0 Å². The predicted molar refractivity (Wildman–Crippen MR) is 90.8 cm³/mol. The van der Waals surface area contributed by atoms with Crippen molar-refractivity contribution in [2.24, 2.45) is 5.92 Å². The van der Waals surface area contributed by atoms with Crippen molar-refractivity contribution in [2.75, 3.05) is 6.54 Å². The van der Waals surface area contributed by atoms with Crippen molar-refractivity contribution < 1.29 is 4.79 Å². The minimum Gasteiger partial charge on any atom is -0.352 e. The molecule has 0 heterocycles. The fraction of sp³-hybridized carbons (Fsp3) is 0.632. The zero-order valence-corrected chi connectivity index (χ0v) is 14.3. The van der Waals surface area contributed by atoms with Crippen molar-refractivity contribution >= 4 is 5.91 Å². The van der Waals surface area contributed by atoms with Gasteiger partial charge in [-0.25, -0.2) is 0 Å². The summed E-state index contributed by atoms with van der Waals surface area (Å²) in [7, 11) is 0. The molecule has 0 fully saturated rings. The van der Waals surface area contributed by atoms with Crippen LogP contribution in [0.1, 0.15) is 76.2 Å². The van der Waals surface area contributed by atoms with Crippen LogP contribution in [0.4, 0.5) is 0 Å². The third kappa shape index (κ3) is 5.91. The second-order valence-electron chi connectivity index (χ2n) is 6.95. The summed E-state index contributed by atoms with van der Waals surface area (Å²) < 4.78 is 0. The molecule has 1 aromatic carbocycles. The summed E-state index contributed by atoms with van der Waals surface area (Å²) in [4.78, 5) is 12.2. The molecule has 0 saturated heterocycles. The van der Waals surface area contributed by atoms with Crippen LogP contribution in [0.15, 0.2) is 24.3 Å². The second kappa shape index (κ2) is 8.21. The first kappa shape index (κ1) is 17.7. The van der Waals surface area contributed by atoms with Crippen LogP contribution < -0.4 is 5.32 Å². The van der Waals surface area contributed by atoms with Crippen molar-refractivity contribution in [3.05, 3.63) is 35.4 Å². The molecule has 1 atom stereocenters. The van der Waals surface area contributed by atoms with Crippen LogP contribution in [-0.2, 0) is 5.41 Å². The van der Waals surface area contributed by atoms with E-state index < -0.39 is 0 Å². The highest BCUT2D eigenvalue weighted by Crippen LogP contribution is 2.22. The number of hydrogen-bond acceptors (Lipinski definition) is 1. The quantitative estimate of drug-likeness (QED) is 0.757. The summed E-state index contributed by atoms with van der Waals surface area (Å²) in [5.74, 6) is 0.646. The second-order valence-corrected chi connectivity index (χ2v) is 6.95. The van der Waals surface area contributed by atoms with Gasteiger partial charge in [0.1, 0.15) is 0 Å². The van der Waals surface area contributed by atoms with Gasteiger partial charge in [-0.05, 0) is 35.4 Å². The summed E-state index contributed by atoms with van der Waals surface area (Å²) in [6.45, 7) is 11.7. The molecule has 118 valence electrons. The summed E-state index contributed by atoms with van der Waals surface area (Å²) in [5, 5.41) is 3.08. The predicted octanol–water partition coefficient (Wildman–Crippen LogP) is 4.93. The van der Waals surface area contributed by atoms with Crippen LogP contribution in [0.2, 0.25) is 0 Å². The Labute approximate surface area is 130 Å². The van der Waals surface area contributed by atoms with Crippen LogP contribution in [0.5, 0.6) is 0 Å². The van der Waals surface area contributed by atoms with E-state index in [1.54, 1.807) is 0 Å². The first-order valence-electron chi connectivity index (χ1n) is 8.27. The van der Waals surface area contributed by atoms with E-state index in [4.69, 9.17) is 0 Å². The standard InChI is InChI=1S/C19H31NO/c1-6-8-9-15(7-2)14-20-18(21)16-10-12-17(13-11-16)19(3,4)5/h10-13,15H,6-9,14H2,1-5H3,(H,20,21)/t15-/m0/s1. The lowest BCUT2D eigenvalue weighted by Crippen LogP contribution is -2.29. The molecule has 0 bridgehead atoms. The number of hydrogen-bond donors (Lipinski definition) is 1. The maximum atomic E-state index is 12.2. The highest BCUT2D eigenvalue weighted by Gasteiger charge is 2.14. The Balaban J connectivity index is 2.55. The van der Waals surface area contributed by atoms with Gasteiger partial charge in [-0.15, -0.1) is 0 Å². The van der Waals surface area contributed by atoms with Crippen molar-refractivity contribution in [1.29, 1.82) is 0 Å². The SMILES string of the molecule is CCCC[C@H](CC)CNC(=O)c1ccc(C(C)(C)C)cc1. The third-order valence-electron chi connectivity index (χ3n) is 4.11. The number of nitrogens with one attached hydrogen (secondary N) is 1. The topological polar surface area (TPSA) is 29.1 Å². The molecular weight excluding hydrogens is 258 g/mol. The molecule has 0 aromatic heterocycles. The Bertz CT molecular complexity index is 428. The molecule has 1 N–H and O–H groups in total. The van der Waals surface area contributed by atoms with Gasteiger partial charge in [0.05, 0.1) is 0 Å². The monoisotopic (exact) mass is 289 g/mol. The molecule has 0 saturated carbocycles. The van der Waals surface area contributed by atoms with E-state index in [1.807, 2.05) is 12.1 Å². The first-order chi connectivity index (χ1) is 9.88. The minimum atomic E-state index is 0.0467. The zero-order chi connectivity index (χ0) is 15.9. The summed E-state index contributed by atoms with van der Waals surface area (Å²) in [6.07, 6.45) is 4.80. The van der Waals surface area contributed by atoms with Gasteiger partial charge in [0.25, 0.3) is 5.91 Å². The average Bonchev–Trinajstić information content (AvgIpc) is 2.46. The van der Waals surface area contributed by atoms with Gasteiger partial charge in [-0.3, -0.25) is 4.79 Å². The van der Waals surface area contributed by atoms with E-state index in [-0.39, 0.29) is 11.3 Å². The summed E-state index contributed by atoms with van der Waals surface area (Å²) >= 11 is 0. The lowest BCUT2D eigenvalue weighted by Gasteiger charge is -2.19. The van der Waals surface area contributed by atoms with Crippen LogP contribution >= 0.6 is 0 Å². The highest BCUT2D eigenvalue weighted by atomic mass is 16.1. The van der Waals surface area contributed by atoms with Gasteiger partial charge in [0.15, 0.2) is 0 Å². The lowest BCUT2D eigenvalue weighted by molar-refractivity contribution is 0.0946. The maximum Gasteiger partial charge on any atom is 0.251 e. The van der Waals surface area contributed by atoms with Gasteiger partial charge < -0.3 is 5.32 Å². The van der Waals surface area contributed by atoms with E-state index in [0.717, 1.165) is 18.5 Å². The molecule has 1 rings (SSSR count).